The van der Waals surface area contributed by atoms with Crippen LogP contribution in [0, 0.1) is 0 Å². The summed E-state index contributed by atoms with van der Waals surface area (Å²) in [6, 6.07) is 19.9. The number of allylic oxidation sites excluding steroid dienone is 1. The highest BCUT2D eigenvalue weighted by atomic mass is 16.5. The Balaban J connectivity index is 1.20. The van der Waals surface area contributed by atoms with Crippen LogP contribution in [0.5, 0.6) is 11.5 Å². The minimum Gasteiger partial charge on any atom is -0.497 e. The molecule has 0 amide bonds. The lowest BCUT2D eigenvalue weighted by molar-refractivity contribution is 0.229. The van der Waals surface area contributed by atoms with Gasteiger partial charge in [0.15, 0.2) is 0 Å². The Hall–Kier alpha value is -3.11. The average Bonchev–Trinajstić information content (AvgIpc) is 3.07. The predicted molar refractivity (Wildman–Crippen MR) is 140 cm³/mol. The highest BCUT2D eigenvalue weighted by molar-refractivity contribution is 5.85. The maximum atomic E-state index is 6.12. The summed E-state index contributed by atoms with van der Waals surface area (Å²) < 4.78 is 11.7. The van der Waals surface area contributed by atoms with Crippen molar-refractivity contribution in [3.8, 4) is 11.5 Å². The van der Waals surface area contributed by atoms with E-state index in [9.17, 15) is 0 Å². The van der Waals surface area contributed by atoms with Crippen LogP contribution < -0.4 is 14.8 Å². The maximum Gasteiger partial charge on any atom is 0.131 e. The van der Waals surface area contributed by atoms with Crippen LogP contribution >= 0.6 is 0 Å². The highest BCUT2D eigenvalue weighted by Crippen LogP contribution is 2.43. The number of nitrogens with zero attached hydrogens (tertiary/aromatic N) is 1. The molecule has 2 unspecified atom stereocenters. The van der Waals surface area contributed by atoms with Gasteiger partial charge in [0, 0.05) is 35.3 Å². The van der Waals surface area contributed by atoms with Crippen molar-refractivity contribution in [3.05, 3.63) is 94.8 Å². The van der Waals surface area contributed by atoms with E-state index >= 15 is 0 Å². The first-order valence-electron chi connectivity index (χ1n) is 13.0. The molecule has 4 nitrogen and oxygen atoms in total. The second-order valence-corrected chi connectivity index (χ2v) is 10.3. The SMILES string of the molecule is COc1ccc2c(c1)/C(=C/CCC1CCC3(CCCc4ccccc43)CN1)c1cccnc1CO2. The van der Waals surface area contributed by atoms with Crippen molar-refractivity contribution in [1.82, 2.24) is 10.3 Å². The Bertz CT molecular complexity index is 1240. The van der Waals surface area contributed by atoms with Gasteiger partial charge in [0.2, 0.25) is 0 Å². The summed E-state index contributed by atoms with van der Waals surface area (Å²) in [6.07, 6.45) is 12.8. The topological polar surface area (TPSA) is 43.4 Å². The molecule has 1 spiro atoms. The van der Waals surface area contributed by atoms with Gasteiger partial charge in [-0.3, -0.25) is 4.98 Å². The Morgan fingerprint density at radius 3 is 2.94 bits per heavy atom. The molecule has 3 aromatic rings. The summed E-state index contributed by atoms with van der Waals surface area (Å²) in [7, 11) is 1.71. The van der Waals surface area contributed by atoms with Crippen LogP contribution in [0.1, 0.15) is 66.5 Å². The normalized spacial score (nSPS) is 24.1. The quantitative estimate of drug-likeness (QED) is 0.496. The zero-order chi connectivity index (χ0) is 23.7. The van der Waals surface area contributed by atoms with Gasteiger partial charge >= 0.3 is 0 Å². The third kappa shape index (κ3) is 4.25. The van der Waals surface area contributed by atoms with Gasteiger partial charge in [0.25, 0.3) is 0 Å². The Kier molecular flexibility index (Phi) is 6.07. The molecule has 2 atom stereocenters. The number of pyridine rings is 1. The summed E-state index contributed by atoms with van der Waals surface area (Å²) in [4.78, 5) is 4.61. The van der Waals surface area contributed by atoms with E-state index in [1.165, 1.54) is 37.7 Å². The first-order chi connectivity index (χ1) is 17.3. The Morgan fingerprint density at radius 1 is 1.11 bits per heavy atom. The number of piperidine rings is 1. The summed E-state index contributed by atoms with van der Waals surface area (Å²) in [5.41, 5.74) is 7.95. The van der Waals surface area contributed by atoms with Crippen LogP contribution in [0.2, 0.25) is 0 Å². The van der Waals surface area contributed by atoms with Crippen LogP contribution in [0.4, 0.5) is 0 Å². The van der Waals surface area contributed by atoms with Gasteiger partial charge in [-0.1, -0.05) is 36.4 Å². The third-order valence-corrected chi connectivity index (χ3v) is 8.28. The third-order valence-electron chi connectivity index (χ3n) is 8.28. The molecule has 3 heterocycles. The molecule has 2 aliphatic heterocycles. The number of aryl methyl sites for hydroxylation is 1. The molecule has 180 valence electrons. The lowest BCUT2D eigenvalue weighted by Crippen LogP contribution is -2.49. The number of benzene rings is 2. The van der Waals surface area contributed by atoms with Crippen molar-refractivity contribution < 1.29 is 9.47 Å². The van der Waals surface area contributed by atoms with Crippen molar-refractivity contribution in [3.63, 3.8) is 0 Å². The van der Waals surface area contributed by atoms with Crippen molar-refractivity contribution in [2.24, 2.45) is 0 Å². The van der Waals surface area contributed by atoms with Crippen LogP contribution in [-0.4, -0.2) is 24.7 Å². The molecule has 1 N–H and O–H groups in total. The molecule has 6 rings (SSSR count). The smallest absolute Gasteiger partial charge is 0.131 e. The van der Waals surface area contributed by atoms with Crippen molar-refractivity contribution in [1.29, 1.82) is 0 Å². The fourth-order valence-corrected chi connectivity index (χ4v) is 6.39. The number of fused-ring (bicyclic) bond motifs is 4. The van der Waals surface area contributed by atoms with E-state index in [0.717, 1.165) is 47.7 Å². The molecule has 0 saturated carbocycles. The number of methoxy groups -OCH3 is 1. The molecule has 0 bridgehead atoms. The lowest BCUT2D eigenvalue weighted by atomic mass is 9.65. The van der Waals surface area contributed by atoms with Crippen LogP contribution in [0.25, 0.3) is 5.57 Å². The monoisotopic (exact) mass is 466 g/mol. The van der Waals surface area contributed by atoms with Crippen LogP contribution in [0.15, 0.2) is 66.9 Å². The number of ether oxygens (including phenoxy) is 2. The molecule has 35 heavy (non-hydrogen) atoms. The molecule has 0 radical (unpaired) electrons. The second kappa shape index (κ2) is 9.50. The number of hydrogen-bond donors (Lipinski definition) is 1. The van der Waals surface area contributed by atoms with Gasteiger partial charge in [0.1, 0.15) is 18.1 Å². The molecular formula is C31H34N2O2. The van der Waals surface area contributed by atoms with Gasteiger partial charge < -0.3 is 14.8 Å². The van der Waals surface area contributed by atoms with E-state index < -0.39 is 0 Å². The molecule has 1 saturated heterocycles. The van der Waals surface area contributed by atoms with E-state index in [4.69, 9.17) is 9.47 Å². The van der Waals surface area contributed by atoms with Gasteiger partial charge in [-0.05, 0) is 85.9 Å². The zero-order valence-electron chi connectivity index (χ0n) is 20.6. The summed E-state index contributed by atoms with van der Waals surface area (Å²) in [6.45, 7) is 1.59. The van der Waals surface area contributed by atoms with Gasteiger partial charge in [0.05, 0.1) is 12.8 Å². The Morgan fingerprint density at radius 2 is 2.06 bits per heavy atom. The molecule has 1 fully saturated rings. The van der Waals surface area contributed by atoms with Crippen molar-refractivity contribution in [2.45, 2.75) is 63.0 Å². The van der Waals surface area contributed by atoms with Crippen LogP contribution in [-0.2, 0) is 18.4 Å². The summed E-state index contributed by atoms with van der Waals surface area (Å²) in [5.74, 6) is 1.74. The average molecular weight is 467 g/mol. The van der Waals surface area contributed by atoms with Gasteiger partial charge in [-0.25, -0.2) is 0 Å². The summed E-state index contributed by atoms with van der Waals surface area (Å²) >= 11 is 0. The molecule has 3 aliphatic rings. The van der Waals surface area contributed by atoms with E-state index in [0.29, 0.717) is 18.1 Å². The maximum absolute atomic E-state index is 6.12. The molecule has 1 aliphatic carbocycles. The van der Waals surface area contributed by atoms with E-state index in [1.807, 2.05) is 24.4 Å². The Labute approximate surface area is 208 Å². The zero-order valence-corrected chi connectivity index (χ0v) is 20.6. The van der Waals surface area contributed by atoms with Gasteiger partial charge in [-0.2, -0.15) is 0 Å². The number of hydrogen-bond acceptors (Lipinski definition) is 4. The second-order valence-electron chi connectivity index (χ2n) is 10.3. The van der Waals surface area contributed by atoms with Crippen molar-refractivity contribution in [2.75, 3.05) is 13.7 Å². The number of aromatic nitrogens is 1. The van der Waals surface area contributed by atoms with E-state index in [2.05, 4.69) is 52.8 Å². The predicted octanol–water partition coefficient (Wildman–Crippen LogP) is 6.22. The van der Waals surface area contributed by atoms with Crippen molar-refractivity contribution >= 4 is 5.57 Å². The van der Waals surface area contributed by atoms with E-state index in [-0.39, 0.29) is 0 Å². The molecule has 1 aromatic heterocycles. The van der Waals surface area contributed by atoms with Crippen LogP contribution in [0.3, 0.4) is 0 Å². The molecule has 4 heteroatoms. The van der Waals surface area contributed by atoms with E-state index in [1.54, 1.807) is 18.2 Å². The number of rotatable bonds is 4. The fourth-order valence-electron chi connectivity index (χ4n) is 6.39. The largest absolute Gasteiger partial charge is 0.497 e. The number of nitrogens with one attached hydrogen (secondary N) is 1. The minimum atomic E-state index is 0.336. The first kappa shape index (κ1) is 22.4. The standard InChI is InChI=1S/C31H34N2O2/c1-34-24-13-14-30-27(19-24)25(26-11-6-18-32-29(26)20-35-30)10-4-9-23-15-17-31(21-33-23)16-5-8-22-7-2-3-12-28(22)31/h2-3,6-7,10-14,18-19,23,33H,4-5,8-9,15-17,20-21H2,1H3/b25-10+. The first-order valence-corrected chi connectivity index (χ1v) is 13.0. The highest BCUT2D eigenvalue weighted by Gasteiger charge is 2.39. The fraction of sp³-hybridized carbons (Fsp3) is 0.387. The molecular weight excluding hydrogens is 432 g/mol. The van der Waals surface area contributed by atoms with Gasteiger partial charge in [-0.15, -0.1) is 0 Å². The minimum absolute atomic E-state index is 0.336. The summed E-state index contributed by atoms with van der Waals surface area (Å²) in [5, 5.41) is 3.94. The lowest BCUT2D eigenvalue weighted by Gasteiger charge is -2.45. The molecule has 2 aromatic carbocycles.